The molecule has 0 atom stereocenters. The lowest BCUT2D eigenvalue weighted by atomic mass is 10.1. The first-order chi connectivity index (χ1) is 12.8. The Morgan fingerprint density at radius 3 is 2.26 bits per heavy atom. The maximum absolute atomic E-state index is 12.9. The Bertz CT molecular complexity index is 823. The Morgan fingerprint density at radius 1 is 0.963 bits per heavy atom. The van der Waals surface area contributed by atoms with Crippen LogP contribution in [0.3, 0.4) is 0 Å². The number of alkyl halides is 3. The van der Waals surface area contributed by atoms with Gasteiger partial charge in [0.25, 0.3) is 0 Å². The van der Waals surface area contributed by atoms with Gasteiger partial charge in [0.05, 0.1) is 5.56 Å². The van der Waals surface area contributed by atoms with Crippen LogP contribution in [0, 0.1) is 5.82 Å². The molecule has 1 aliphatic heterocycles. The van der Waals surface area contributed by atoms with Gasteiger partial charge < -0.3 is 9.80 Å². The van der Waals surface area contributed by atoms with E-state index in [4.69, 9.17) is 0 Å². The molecular weight excluding hydrogens is 360 g/mol. The summed E-state index contributed by atoms with van der Waals surface area (Å²) in [5, 5.41) is 0. The van der Waals surface area contributed by atoms with E-state index < -0.39 is 17.6 Å². The fourth-order valence-electron chi connectivity index (χ4n) is 2.89. The van der Waals surface area contributed by atoms with Crippen molar-refractivity contribution in [1.82, 2.24) is 4.90 Å². The van der Waals surface area contributed by atoms with Gasteiger partial charge in [-0.2, -0.15) is 13.2 Å². The summed E-state index contributed by atoms with van der Waals surface area (Å²) in [6.07, 6.45) is -1.26. The largest absolute Gasteiger partial charge is 0.416 e. The van der Waals surface area contributed by atoms with E-state index in [9.17, 15) is 22.4 Å². The lowest BCUT2D eigenvalue weighted by molar-refractivity contribution is -0.137. The smallest absolute Gasteiger partial charge is 0.374 e. The first-order valence-corrected chi connectivity index (χ1v) is 8.47. The van der Waals surface area contributed by atoms with E-state index in [1.165, 1.54) is 36.4 Å². The van der Waals surface area contributed by atoms with Gasteiger partial charge in [0.1, 0.15) is 5.82 Å². The molecular formula is C20H18F4N2O. The number of allylic oxidation sites excluding steroid dienone is 1. The molecule has 2 aromatic carbocycles. The van der Waals surface area contributed by atoms with Gasteiger partial charge in [0, 0.05) is 49.7 Å². The minimum Gasteiger partial charge on any atom is -0.374 e. The molecule has 1 aliphatic rings. The maximum atomic E-state index is 12.9. The summed E-state index contributed by atoms with van der Waals surface area (Å²) < 4.78 is 51.4. The molecule has 3 nitrogen and oxygen atoms in total. The molecule has 0 amide bonds. The third-order valence-electron chi connectivity index (χ3n) is 4.42. The zero-order valence-corrected chi connectivity index (χ0v) is 14.4. The molecule has 27 heavy (non-hydrogen) atoms. The molecule has 0 aliphatic carbocycles. The monoisotopic (exact) mass is 378 g/mol. The zero-order chi connectivity index (χ0) is 19.4. The van der Waals surface area contributed by atoms with Crippen LogP contribution in [0.4, 0.5) is 23.2 Å². The van der Waals surface area contributed by atoms with E-state index in [0.29, 0.717) is 37.4 Å². The molecule has 1 heterocycles. The highest BCUT2D eigenvalue weighted by atomic mass is 19.4. The van der Waals surface area contributed by atoms with Gasteiger partial charge in [-0.1, -0.05) is 6.07 Å². The number of carbonyl (C=O) groups is 1. The summed E-state index contributed by atoms with van der Waals surface area (Å²) in [5.41, 5.74) is 0.276. The van der Waals surface area contributed by atoms with Crippen molar-refractivity contribution >= 4 is 11.5 Å². The number of carbonyl (C=O) groups excluding carboxylic acids is 1. The normalized spacial score (nSPS) is 15.4. The lowest BCUT2D eigenvalue weighted by Gasteiger charge is -2.35. The van der Waals surface area contributed by atoms with E-state index in [2.05, 4.69) is 0 Å². The van der Waals surface area contributed by atoms with Gasteiger partial charge in [-0.25, -0.2) is 4.39 Å². The van der Waals surface area contributed by atoms with Crippen molar-refractivity contribution in [3.8, 4) is 0 Å². The molecule has 3 rings (SSSR count). The second-order valence-electron chi connectivity index (χ2n) is 6.26. The van der Waals surface area contributed by atoms with Crippen molar-refractivity contribution in [1.29, 1.82) is 0 Å². The molecule has 0 unspecified atom stereocenters. The fourth-order valence-corrected chi connectivity index (χ4v) is 2.89. The van der Waals surface area contributed by atoms with E-state index in [1.54, 1.807) is 12.3 Å². The summed E-state index contributed by atoms with van der Waals surface area (Å²) in [5.74, 6) is -0.628. The predicted molar refractivity (Wildman–Crippen MR) is 95.1 cm³/mol. The molecule has 7 heteroatoms. The molecule has 1 fully saturated rings. The van der Waals surface area contributed by atoms with Gasteiger partial charge in [-0.15, -0.1) is 0 Å². The molecule has 2 aromatic rings. The van der Waals surface area contributed by atoms with Crippen LogP contribution in [-0.2, 0) is 6.18 Å². The summed E-state index contributed by atoms with van der Waals surface area (Å²) in [6.45, 7) is 2.28. The Kier molecular flexibility index (Phi) is 5.48. The van der Waals surface area contributed by atoms with Crippen LogP contribution < -0.4 is 4.90 Å². The molecule has 0 bridgehead atoms. The first-order valence-electron chi connectivity index (χ1n) is 8.47. The van der Waals surface area contributed by atoms with E-state index >= 15 is 0 Å². The topological polar surface area (TPSA) is 23.6 Å². The highest BCUT2D eigenvalue weighted by Crippen LogP contribution is 2.31. The van der Waals surface area contributed by atoms with Crippen LogP contribution in [0.2, 0.25) is 0 Å². The van der Waals surface area contributed by atoms with Gasteiger partial charge in [-0.05, 0) is 42.5 Å². The van der Waals surface area contributed by atoms with Crippen LogP contribution in [0.5, 0.6) is 0 Å². The molecule has 1 saturated heterocycles. The number of hydrogen-bond acceptors (Lipinski definition) is 3. The second-order valence-corrected chi connectivity index (χ2v) is 6.26. The molecule has 0 spiro atoms. The molecule has 0 aromatic heterocycles. The molecule has 0 saturated carbocycles. The van der Waals surface area contributed by atoms with Gasteiger partial charge >= 0.3 is 6.18 Å². The summed E-state index contributed by atoms with van der Waals surface area (Å²) in [7, 11) is 0. The Labute approximate surface area is 154 Å². The quantitative estimate of drug-likeness (QED) is 0.449. The first kappa shape index (κ1) is 18.9. The highest BCUT2D eigenvalue weighted by Gasteiger charge is 2.31. The lowest BCUT2D eigenvalue weighted by Crippen LogP contribution is -2.44. The summed E-state index contributed by atoms with van der Waals surface area (Å²) in [4.78, 5) is 15.9. The number of benzene rings is 2. The second kappa shape index (κ2) is 7.82. The Morgan fingerprint density at radius 2 is 1.63 bits per heavy atom. The average molecular weight is 378 g/mol. The standard InChI is InChI=1S/C20H18F4N2O/c21-17-6-4-15(5-7-17)19(27)8-9-25-10-12-26(13-11-25)18-3-1-2-16(14-18)20(22,23)24/h1-9,14H,10-13H2/b9-8+. The van der Waals surface area contributed by atoms with Crippen molar-refractivity contribution in [2.24, 2.45) is 0 Å². The number of piperazine rings is 1. The van der Waals surface area contributed by atoms with Crippen molar-refractivity contribution < 1.29 is 22.4 Å². The van der Waals surface area contributed by atoms with Crippen molar-refractivity contribution in [3.05, 3.63) is 77.8 Å². The molecule has 0 N–H and O–H groups in total. The van der Waals surface area contributed by atoms with Crippen LogP contribution >= 0.6 is 0 Å². The minimum absolute atomic E-state index is 0.227. The number of ketones is 1. The SMILES string of the molecule is O=C(/C=C/N1CCN(c2cccc(C(F)(F)F)c2)CC1)c1ccc(F)cc1. The van der Waals surface area contributed by atoms with Crippen LogP contribution in [0.15, 0.2) is 60.8 Å². The van der Waals surface area contributed by atoms with E-state index in [0.717, 1.165) is 12.1 Å². The van der Waals surface area contributed by atoms with Gasteiger partial charge in [0.2, 0.25) is 0 Å². The Hall–Kier alpha value is -2.83. The minimum atomic E-state index is -4.36. The Balaban J connectivity index is 1.57. The third-order valence-corrected chi connectivity index (χ3v) is 4.42. The van der Waals surface area contributed by atoms with Crippen LogP contribution in [-0.4, -0.2) is 36.9 Å². The predicted octanol–water partition coefficient (Wildman–Crippen LogP) is 4.36. The van der Waals surface area contributed by atoms with Crippen LogP contribution in [0.1, 0.15) is 15.9 Å². The fraction of sp³-hybridized carbons (Fsp3) is 0.250. The summed E-state index contributed by atoms with van der Waals surface area (Å²) >= 11 is 0. The van der Waals surface area contributed by atoms with Crippen molar-refractivity contribution in [2.45, 2.75) is 6.18 Å². The van der Waals surface area contributed by atoms with Gasteiger partial charge in [-0.3, -0.25) is 4.79 Å². The molecule has 0 radical (unpaired) electrons. The van der Waals surface area contributed by atoms with Crippen molar-refractivity contribution in [2.75, 3.05) is 31.1 Å². The zero-order valence-electron chi connectivity index (χ0n) is 14.4. The number of halogens is 4. The van der Waals surface area contributed by atoms with Gasteiger partial charge in [0.15, 0.2) is 5.78 Å². The molecule has 142 valence electrons. The highest BCUT2D eigenvalue weighted by molar-refractivity contribution is 6.04. The summed E-state index contributed by atoms with van der Waals surface area (Å²) in [6, 6.07) is 10.6. The maximum Gasteiger partial charge on any atom is 0.416 e. The third kappa shape index (κ3) is 4.87. The number of hydrogen-bond donors (Lipinski definition) is 0. The van der Waals surface area contributed by atoms with Crippen LogP contribution in [0.25, 0.3) is 0 Å². The number of nitrogens with zero attached hydrogens (tertiary/aromatic N) is 2. The van der Waals surface area contributed by atoms with E-state index in [-0.39, 0.29) is 5.78 Å². The van der Waals surface area contributed by atoms with Crippen molar-refractivity contribution in [3.63, 3.8) is 0 Å². The number of anilines is 1. The van der Waals surface area contributed by atoms with E-state index in [1.807, 2.05) is 9.80 Å². The number of rotatable bonds is 4. The average Bonchev–Trinajstić information content (AvgIpc) is 2.66.